The van der Waals surface area contributed by atoms with Crippen molar-refractivity contribution in [3.8, 4) is 22.8 Å². The number of carbonyl (C=O) groups excluding carboxylic acids is 1. The molecule has 1 N–H and O–H groups in total. The molecule has 1 amide bonds. The van der Waals surface area contributed by atoms with Crippen LogP contribution in [0.2, 0.25) is 0 Å². The molecule has 1 saturated carbocycles. The highest BCUT2D eigenvalue weighted by atomic mass is 32.2. The Balaban J connectivity index is 1.05. The molecular weight excluding hydrogens is 599 g/mol. The van der Waals surface area contributed by atoms with E-state index < -0.39 is 6.36 Å². The van der Waals surface area contributed by atoms with Crippen LogP contribution in [0.3, 0.4) is 0 Å². The number of carbonyl (C=O) groups is 1. The van der Waals surface area contributed by atoms with E-state index in [4.69, 9.17) is 0 Å². The van der Waals surface area contributed by atoms with Crippen LogP contribution in [0.15, 0.2) is 84.2 Å². The van der Waals surface area contributed by atoms with Crippen LogP contribution in [0.1, 0.15) is 62.1 Å². The van der Waals surface area contributed by atoms with Gasteiger partial charge in [-0.05, 0) is 90.5 Å². The van der Waals surface area contributed by atoms with E-state index in [-0.39, 0.29) is 23.1 Å². The van der Waals surface area contributed by atoms with Crippen molar-refractivity contribution in [2.24, 2.45) is 5.92 Å². The number of anilines is 1. The summed E-state index contributed by atoms with van der Waals surface area (Å²) in [6.07, 6.45) is -1.79. The second kappa shape index (κ2) is 12.3. The first-order valence-electron chi connectivity index (χ1n) is 14.9. The molecule has 1 aliphatic carbocycles. The molecular formula is C34H34F3N5O2S. The average Bonchev–Trinajstić information content (AvgIpc) is 3.38. The highest BCUT2D eigenvalue weighted by molar-refractivity contribution is 8.03. The standard InChI is InChI=1S/C34H34F3N5O2S/c1-20(2)31-21(3)6-5-7-29(31)42-22(4)18-45-33(42)39-30(43)17-25-16-28(25)23-8-10-24(11-9-23)32-38-19-41(40-32)26-12-14-27(15-13-26)44-34(35,36)37/h5-15,18-20,25,28,33H,16-17H2,1-4H3,(H,39,43). The van der Waals surface area contributed by atoms with Crippen molar-refractivity contribution in [1.82, 2.24) is 20.1 Å². The summed E-state index contributed by atoms with van der Waals surface area (Å²) in [7, 11) is 0. The van der Waals surface area contributed by atoms with Gasteiger partial charge in [0.1, 0.15) is 12.1 Å². The summed E-state index contributed by atoms with van der Waals surface area (Å²) in [6, 6.07) is 19.8. The van der Waals surface area contributed by atoms with Gasteiger partial charge >= 0.3 is 6.36 Å². The third-order valence-electron chi connectivity index (χ3n) is 8.20. The topological polar surface area (TPSA) is 72.3 Å². The number of aryl methyl sites for hydroxylation is 1. The van der Waals surface area contributed by atoms with Crippen LogP contribution < -0.4 is 15.0 Å². The van der Waals surface area contributed by atoms with Gasteiger partial charge in [0.25, 0.3) is 0 Å². The Bertz CT molecular complexity index is 1720. The first kappa shape index (κ1) is 30.8. The van der Waals surface area contributed by atoms with Crippen LogP contribution in [-0.4, -0.2) is 32.5 Å². The zero-order valence-electron chi connectivity index (χ0n) is 25.4. The van der Waals surface area contributed by atoms with Crippen molar-refractivity contribution >= 4 is 23.4 Å². The van der Waals surface area contributed by atoms with Gasteiger partial charge in [-0.1, -0.05) is 62.0 Å². The molecule has 7 nitrogen and oxygen atoms in total. The molecule has 1 aromatic heterocycles. The first-order valence-corrected chi connectivity index (χ1v) is 15.8. The predicted molar refractivity (Wildman–Crippen MR) is 170 cm³/mol. The highest BCUT2D eigenvalue weighted by Gasteiger charge is 2.40. The first-order chi connectivity index (χ1) is 21.5. The summed E-state index contributed by atoms with van der Waals surface area (Å²) < 4.78 is 42.7. The number of hydrogen-bond donors (Lipinski definition) is 1. The number of alkyl halides is 3. The molecule has 234 valence electrons. The molecule has 11 heteroatoms. The summed E-state index contributed by atoms with van der Waals surface area (Å²) in [5.74, 6) is 1.23. The summed E-state index contributed by atoms with van der Waals surface area (Å²) in [5, 5.41) is 9.86. The van der Waals surface area contributed by atoms with Crippen molar-refractivity contribution in [2.75, 3.05) is 4.90 Å². The SMILES string of the molecule is CC1=CSC(NC(=O)CC2CC2c2ccc(-c3ncn(-c4ccc(OC(F)(F)F)cc4)n3)cc2)N1c1cccc(C)c1C(C)C. The molecule has 3 atom stereocenters. The minimum absolute atomic E-state index is 0.0520. The highest BCUT2D eigenvalue weighted by Crippen LogP contribution is 2.50. The van der Waals surface area contributed by atoms with Gasteiger partial charge in [-0.2, -0.15) is 0 Å². The van der Waals surface area contributed by atoms with E-state index in [1.54, 1.807) is 11.8 Å². The zero-order chi connectivity index (χ0) is 31.9. The largest absolute Gasteiger partial charge is 0.573 e. The third kappa shape index (κ3) is 6.88. The molecule has 0 radical (unpaired) electrons. The number of amides is 1. The van der Waals surface area contributed by atoms with Crippen molar-refractivity contribution < 1.29 is 22.7 Å². The fraction of sp³-hybridized carbons (Fsp3) is 0.324. The van der Waals surface area contributed by atoms with Gasteiger partial charge in [-0.15, -0.1) is 18.3 Å². The number of rotatable bonds is 9. The lowest BCUT2D eigenvalue weighted by molar-refractivity contribution is -0.274. The van der Waals surface area contributed by atoms with E-state index in [9.17, 15) is 18.0 Å². The molecule has 0 saturated heterocycles. The van der Waals surface area contributed by atoms with E-state index in [0.29, 0.717) is 29.8 Å². The van der Waals surface area contributed by atoms with Gasteiger partial charge in [-0.25, -0.2) is 9.67 Å². The van der Waals surface area contributed by atoms with E-state index in [1.807, 2.05) is 12.1 Å². The molecule has 3 unspecified atom stereocenters. The number of halogens is 3. The van der Waals surface area contributed by atoms with Crippen LogP contribution in [0.5, 0.6) is 5.75 Å². The van der Waals surface area contributed by atoms with Gasteiger partial charge < -0.3 is 15.0 Å². The maximum absolute atomic E-state index is 13.2. The summed E-state index contributed by atoms with van der Waals surface area (Å²) in [4.78, 5) is 19.8. The van der Waals surface area contributed by atoms with Gasteiger partial charge in [-0.3, -0.25) is 4.79 Å². The maximum atomic E-state index is 13.2. The number of nitrogens with zero attached hydrogens (tertiary/aromatic N) is 4. The minimum atomic E-state index is -4.74. The molecule has 1 fully saturated rings. The van der Waals surface area contributed by atoms with Crippen molar-refractivity contribution in [2.45, 2.75) is 64.2 Å². The lowest BCUT2D eigenvalue weighted by Crippen LogP contribution is -2.43. The Morgan fingerprint density at radius 1 is 1.07 bits per heavy atom. The minimum Gasteiger partial charge on any atom is -0.406 e. The van der Waals surface area contributed by atoms with Crippen LogP contribution in [-0.2, 0) is 4.79 Å². The van der Waals surface area contributed by atoms with Crippen molar-refractivity contribution in [3.63, 3.8) is 0 Å². The monoisotopic (exact) mass is 633 g/mol. The molecule has 4 aromatic rings. The normalized spacial score (nSPS) is 19.5. The smallest absolute Gasteiger partial charge is 0.406 e. The number of ether oxygens (including phenoxy) is 1. The molecule has 2 heterocycles. The second-order valence-corrected chi connectivity index (χ2v) is 12.8. The zero-order valence-corrected chi connectivity index (χ0v) is 26.2. The van der Waals surface area contributed by atoms with E-state index >= 15 is 0 Å². The van der Waals surface area contributed by atoms with Crippen LogP contribution in [0.4, 0.5) is 18.9 Å². The van der Waals surface area contributed by atoms with E-state index in [1.165, 1.54) is 52.0 Å². The third-order valence-corrected chi connectivity index (χ3v) is 9.26. The molecule has 1 aliphatic heterocycles. The molecule has 3 aromatic carbocycles. The summed E-state index contributed by atoms with van der Waals surface area (Å²) >= 11 is 1.63. The Morgan fingerprint density at radius 2 is 1.80 bits per heavy atom. The number of thioether (sulfide) groups is 1. The number of benzene rings is 3. The summed E-state index contributed by atoms with van der Waals surface area (Å²) in [6.45, 7) is 8.63. The number of hydrogen-bond acceptors (Lipinski definition) is 6. The number of nitrogens with one attached hydrogen (secondary N) is 1. The number of aromatic nitrogens is 3. The van der Waals surface area contributed by atoms with Crippen LogP contribution >= 0.6 is 11.8 Å². The van der Waals surface area contributed by atoms with Gasteiger partial charge in [0.2, 0.25) is 5.91 Å². The van der Waals surface area contributed by atoms with E-state index in [2.05, 4.69) is 88.5 Å². The Labute approximate surface area is 264 Å². The predicted octanol–water partition coefficient (Wildman–Crippen LogP) is 8.27. The van der Waals surface area contributed by atoms with Gasteiger partial charge in [0.15, 0.2) is 11.3 Å². The second-order valence-electron chi connectivity index (χ2n) is 11.8. The fourth-order valence-electron chi connectivity index (χ4n) is 6.02. The lowest BCUT2D eigenvalue weighted by atomic mass is 9.95. The van der Waals surface area contributed by atoms with Gasteiger partial charge in [0.05, 0.1) is 5.69 Å². The quantitative estimate of drug-likeness (QED) is 0.200. The number of allylic oxidation sites excluding steroid dienone is 1. The van der Waals surface area contributed by atoms with E-state index in [0.717, 1.165) is 23.4 Å². The lowest BCUT2D eigenvalue weighted by Gasteiger charge is -2.32. The molecule has 0 bridgehead atoms. The Hall–Kier alpha value is -4.25. The van der Waals surface area contributed by atoms with Crippen LogP contribution in [0, 0.1) is 12.8 Å². The molecule has 45 heavy (non-hydrogen) atoms. The van der Waals surface area contributed by atoms with Crippen LogP contribution in [0.25, 0.3) is 17.1 Å². The van der Waals surface area contributed by atoms with Crippen molar-refractivity contribution in [1.29, 1.82) is 0 Å². The Morgan fingerprint density at radius 3 is 2.49 bits per heavy atom. The molecule has 0 spiro atoms. The Kier molecular flexibility index (Phi) is 8.39. The molecule has 2 aliphatic rings. The molecule has 6 rings (SSSR count). The van der Waals surface area contributed by atoms with Gasteiger partial charge in [0, 0.05) is 23.4 Å². The maximum Gasteiger partial charge on any atom is 0.573 e. The van der Waals surface area contributed by atoms with Crippen molar-refractivity contribution in [3.05, 3.63) is 101 Å². The average molecular weight is 634 g/mol. The summed E-state index contributed by atoms with van der Waals surface area (Å²) in [5.41, 5.74) is 7.19. The fourth-order valence-corrected chi connectivity index (χ4v) is 7.06.